The van der Waals surface area contributed by atoms with Crippen LogP contribution in [-0.4, -0.2) is 22.8 Å². The zero-order chi connectivity index (χ0) is 14.1. The van der Waals surface area contributed by atoms with E-state index in [9.17, 15) is 4.79 Å². The van der Waals surface area contributed by atoms with Crippen molar-refractivity contribution in [1.82, 2.24) is 0 Å². The summed E-state index contributed by atoms with van der Waals surface area (Å²) in [4.78, 5) is 12.7. The summed E-state index contributed by atoms with van der Waals surface area (Å²) in [5.74, 6) is 1.04. The molecule has 1 aliphatic rings. The van der Waals surface area contributed by atoms with Crippen molar-refractivity contribution in [3.63, 3.8) is 0 Å². The van der Waals surface area contributed by atoms with E-state index in [0.29, 0.717) is 5.78 Å². The highest BCUT2D eigenvalue weighted by Crippen LogP contribution is 2.70. The average molecular weight is 270 g/mol. The van der Waals surface area contributed by atoms with E-state index in [1.807, 2.05) is 0 Å². The normalized spacial score (nSPS) is 34.6. The molecule has 2 unspecified atom stereocenters. The Kier molecular flexibility index (Phi) is 5.04. The third kappa shape index (κ3) is 1.89. The molecule has 1 heterocycles. The summed E-state index contributed by atoms with van der Waals surface area (Å²) < 4.78 is 0. The first-order valence-electron chi connectivity index (χ1n) is 7.65. The highest BCUT2D eigenvalue weighted by atomic mass is 31.1. The summed E-state index contributed by atoms with van der Waals surface area (Å²) in [5.41, 5.74) is 0. The van der Waals surface area contributed by atoms with Crippen molar-refractivity contribution in [2.75, 3.05) is 6.66 Å². The van der Waals surface area contributed by atoms with Gasteiger partial charge in [-0.25, -0.2) is 0 Å². The number of ketones is 1. The Labute approximate surface area is 115 Å². The van der Waals surface area contributed by atoms with E-state index in [1.54, 1.807) is 0 Å². The topological polar surface area (TPSA) is 17.1 Å². The van der Waals surface area contributed by atoms with Crippen LogP contribution in [0.15, 0.2) is 0 Å². The molecule has 2 atom stereocenters. The van der Waals surface area contributed by atoms with Crippen LogP contribution >= 0.6 is 7.92 Å². The van der Waals surface area contributed by atoms with Gasteiger partial charge in [0.1, 0.15) is 5.78 Å². The van der Waals surface area contributed by atoms with Crippen LogP contribution in [0.25, 0.3) is 0 Å². The molecule has 0 aromatic carbocycles. The van der Waals surface area contributed by atoms with Gasteiger partial charge >= 0.3 is 0 Å². The van der Waals surface area contributed by atoms with Gasteiger partial charge in [-0.15, -0.1) is 0 Å². The Morgan fingerprint density at radius 2 is 1.17 bits per heavy atom. The third-order valence-corrected chi connectivity index (χ3v) is 11.0. The predicted octanol–water partition coefficient (Wildman–Crippen LogP) is 5.07. The number of rotatable bonds is 4. The Hall–Kier alpha value is 0.100. The van der Waals surface area contributed by atoms with E-state index in [-0.39, 0.29) is 30.1 Å². The van der Waals surface area contributed by atoms with Crippen molar-refractivity contribution in [2.45, 2.75) is 77.5 Å². The van der Waals surface area contributed by atoms with Gasteiger partial charge in [-0.1, -0.05) is 49.5 Å². The van der Waals surface area contributed by atoms with Crippen molar-refractivity contribution in [2.24, 2.45) is 11.8 Å². The van der Waals surface area contributed by atoms with Crippen LogP contribution in [0.5, 0.6) is 0 Å². The van der Waals surface area contributed by atoms with Crippen molar-refractivity contribution in [3.05, 3.63) is 0 Å². The summed E-state index contributed by atoms with van der Waals surface area (Å²) in [6.45, 7) is 16.0. The maximum Gasteiger partial charge on any atom is 0.140 e. The molecule has 106 valence electrons. The first kappa shape index (κ1) is 16.2. The summed E-state index contributed by atoms with van der Waals surface area (Å²) in [6.07, 6.45) is 4.64. The van der Waals surface area contributed by atoms with Crippen LogP contribution in [0.2, 0.25) is 0 Å². The fourth-order valence-electron chi connectivity index (χ4n) is 4.60. The van der Waals surface area contributed by atoms with Gasteiger partial charge in [-0.3, -0.25) is 4.79 Å². The molecule has 0 aromatic heterocycles. The Bertz CT molecular complexity index is 274. The van der Waals surface area contributed by atoms with Gasteiger partial charge in [0.15, 0.2) is 0 Å². The molecule has 1 fully saturated rings. The minimum Gasteiger partial charge on any atom is -0.299 e. The largest absolute Gasteiger partial charge is 0.299 e. The number of hydrogen-bond donors (Lipinski definition) is 0. The second kappa shape index (κ2) is 5.61. The van der Waals surface area contributed by atoms with Crippen LogP contribution in [0.4, 0.5) is 0 Å². The molecule has 1 saturated heterocycles. The number of carbonyl (C=O) groups excluding carboxylic acids is 1. The molecule has 2 heteroatoms. The Balaban J connectivity index is 3.36. The standard InChI is InChI=1S/C16H31OP/c1-8-15(9-2)12(5)14(17)13(6)16(10-3,11-4)18(15)7/h12-13H,8-11H2,1-7H3. The summed E-state index contributed by atoms with van der Waals surface area (Å²) >= 11 is 0. The first-order valence-corrected chi connectivity index (χ1v) is 9.44. The van der Waals surface area contributed by atoms with Crippen molar-refractivity contribution >= 4 is 13.7 Å². The zero-order valence-electron chi connectivity index (χ0n) is 13.3. The summed E-state index contributed by atoms with van der Waals surface area (Å²) in [6, 6.07) is 0. The van der Waals surface area contributed by atoms with E-state index in [0.717, 1.165) is 25.7 Å². The van der Waals surface area contributed by atoms with Gasteiger partial charge < -0.3 is 0 Å². The molecule has 0 spiro atoms. The average Bonchev–Trinajstić information content (AvgIpc) is 2.40. The molecule has 1 aliphatic heterocycles. The highest BCUT2D eigenvalue weighted by molar-refractivity contribution is 7.60. The molecule has 1 nitrogen and oxygen atoms in total. The SMILES string of the molecule is CCC1(CC)C(C)C(=O)C(C)C(CC)(CC)P1C. The molecule has 0 bridgehead atoms. The molecule has 18 heavy (non-hydrogen) atoms. The molecular weight excluding hydrogens is 239 g/mol. The fourth-order valence-corrected chi connectivity index (χ4v) is 8.80. The lowest BCUT2D eigenvalue weighted by atomic mass is 9.74. The van der Waals surface area contributed by atoms with E-state index in [1.165, 1.54) is 0 Å². The van der Waals surface area contributed by atoms with Gasteiger partial charge in [0.2, 0.25) is 0 Å². The first-order chi connectivity index (χ1) is 8.37. The number of carbonyl (C=O) groups is 1. The summed E-state index contributed by atoms with van der Waals surface area (Å²) in [5, 5.41) is 0.565. The van der Waals surface area contributed by atoms with Crippen LogP contribution in [0.3, 0.4) is 0 Å². The summed E-state index contributed by atoms with van der Waals surface area (Å²) in [7, 11) is -0.114. The van der Waals surface area contributed by atoms with Crippen LogP contribution in [0, 0.1) is 11.8 Å². The quantitative estimate of drug-likeness (QED) is 0.652. The lowest BCUT2D eigenvalue weighted by Crippen LogP contribution is -2.55. The van der Waals surface area contributed by atoms with E-state index in [4.69, 9.17) is 0 Å². The van der Waals surface area contributed by atoms with Crippen LogP contribution < -0.4 is 0 Å². The number of hydrogen-bond acceptors (Lipinski definition) is 1. The Morgan fingerprint density at radius 1 is 0.889 bits per heavy atom. The molecule has 1 rings (SSSR count). The smallest absolute Gasteiger partial charge is 0.140 e. The van der Waals surface area contributed by atoms with Gasteiger partial charge in [-0.05, 0) is 42.7 Å². The van der Waals surface area contributed by atoms with E-state index >= 15 is 0 Å². The zero-order valence-corrected chi connectivity index (χ0v) is 14.2. The van der Waals surface area contributed by atoms with Crippen LogP contribution in [-0.2, 0) is 4.79 Å². The fraction of sp³-hybridized carbons (Fsp3) is 0.938. The third-order valence-electron chi connectivity index (χ3n) is 6.25. The minimum absolute atomic E-state index is 0.114. The van der Waals surface area contributed by atoms with Crippen molar-refractivity contribution in [1.29, 1.82) is 0 Å². The predicted molar refractivity (Wildman–Crippen MR) is 82.8 cm³/mol. The highest BCUT2D eigenvalue weighted by Gasteiger charge is 2.57. The second-order valence-corrected chi connectivity index (χ2v) is 8.93. The van der Waals surface area contributed by atoms with Crippen LogP contribution in [0.1, 0.15) is 67.2 Å². The van der Waals surface area contributed by atoms with E-state index < -0.39 is 0 Å². The Morgan fingerprint density at radius 3 is 1.39 bits per heavy atom. The van der Waals surface area contributed by atoms with Crippen molar-refractivity contribution < 1.29 is 4.79 Å². The second-order valence-electron chi connectivity index (χ2n) is 6.03. The van der Waals surface area contributed by atoms with Gasteiger partial charge in [0.25, 0.3) is 0 Å². The molecule has 0 amide bonds. The van der Waals surface area contributed by atoms with Gasteiger partial charge in [-0.2, -0.15) is 0 Å². The minimum atomic E-state index is -0.114. The lowest BCUT2D eigenvalue weighted by Gasteiger charge is -2.59. The van der Waals surface area contributed by atoms with E-state index in [2.05, 4.69) is 48.2 Å². The molecule has 0 saturated carbocycles. The monoisotopic (exact) mass is 270 g/mol. The van der Waals surface area contributed by atoms with Gasteiger partial charge in [0.05, 0.1) is 0 Å². The molecule has 0 N–H and O–H groups in total. The number of Topliss-reactive ketones (excluding diaryl/α,β-unsaturated/α-hetero) is 1. The molecule has 0 aliphatic carbocycles. The maximum atomic E-state index is 12.7. The maximum absolute atomic E-state index is 12.7. The molecule has 0 aromatic rings. The molecular formula is C16H31OP. The molecule has 0 radical (unpaired) electrons. The lowest BCUT2D eigenvalue weighted by molar-refractivity contribution is -0.129. The van der Waals surface area contributed by atoms with Gasteiger partial charge in [0, 0.05) is 11.8 Å². The van der Waals surface area contributed by atoms with Crippen molar-refractivity contribution in [3.8, 4) is 0 Å².